The molecular weight excluding hydrogens is 450 g/mol. The first kappa shape index (κ1) is 23.4. The zero-order chi connectivity index (χ0) is 24.5. The molecule has 1 amide bonds. The molecule has 2 heterocycles. The summed E-state index contributed by atoms with van der Waals surface area (Å²) in [7, 11) is -3.86. The first-order valence-electron chi connectivity index (χ1n) is 11.1. The van der Waals surface area contributed by atoms with Crippen molar-refractivity contribution >= 4 is 38.5 Å². The molecule has 0 aliphatic heterocycles. The number of anilines is 2. The van der Waals surface area contributed by atoms with Gasteiger partial charge in [0.25, 0.3) is 15.9 Å². The van der Waals surface area contributed by atoms with E-state index in [4.69, 9.17) is 0 Å². The van der Waals surface area contributed by atoms with Gasteiger partial charge in [0.1, 0.15) is 5.69 Å². The van der Waals surface area contributed by atoms with Gasteiger partial charge in [-0.15, -0.1) is 0 Å². The zero-order valence-electron chi connectivity index (χ0n) is 19.6. The third-order valence-electron chi connectivity index (χ3n) is 5.76. The van der Waals surface area contributed by atoms with Gasteiger partial charge in [0.05, 0.1) is 4.90 Å². The zero-order valence-corrected chi connectivity index (χ0v) is 20.4. The molecule has 176 valence electrons. The van der Waals surface area contributed by atoms with E-state index < -0.39 is 10.0 Å². The van der Waals surface area contributed by atoms with Crippen LogP contribution in [-0.2, 0) is 23.0 Å². The Balaban J connectivity index is 1.57. The molecule has 0 bridgehead atoms. The smallest absolute Gasteiger partial charge is 0.272 e. The van der Waals surface area contributed by atoms with Crippen molar-refractivity contribution in [2.24, 2.45) is 0 Å². The van der Waals surface area contributed by atoms with Gasteiger partial charge in [0, 0.05) is 35.0 Å². The highest BCUT2D eigenvalue weighted by molar-refractivity contribution is 7.92. The molecule has 0 saturated heterocycles. The second-order valence-electron chi connectivity index (χ2n) is 8.03. The number of nitrogens with one attached hydrogen (secondary N) is 2. The minimum absolute atomic E-state index is 0.00600. The summed E-state index contributed by atoms with van der Waals surface area (Å²) in [6, 6.07) is 14.0. The van der Waals surface area contributed by atoms with E-state index in [2.05, 4.69) is 45.1 Å². The van der Waals surface area contributed by atoms with Crippen molar-refractivity contribution in [1.82, 2.24) is 14.5 Å². The lowest BCUT2D eigenvalue weighted by atomic mass is 10.1. The normalized spacial score (nSPS) is 11.5. The lowest BCUT2D eigenvalue weighted by Crippen LogP contribution is -2.18. The fourth-order valence-corrected chi connectivity index (χ4v) is 4.95. The lowest BCUT2D eigenvalue weighted by Gasteiger charge is -2.11. The minimum Gasteiger partial charge on any atom is -0.337 e. The van der Waals surface area contributed by atoms with Gasteiger partial charge in [-0.1, -0.05) is 13.0 Å². The van der Waals surface area contributed by atoms with Crippen LogP contribution in [0.4, 0.5) is 11.6 Å². The summed E-state index contributed by atoms with van der Waals surface area (Å²) in [5.41, 5.74) is 4.91. The summed E-state index contributed by atoms with van der Waals surface area (Å²) in [5, 5.41) is 3.97. The van der Waals surface area contributed by atoms with E-state index in [-0.39, 0.29) is 16.8 Å². The molecule has 4 rings (SSSR count). The second-order valence-corrected chi connectivity index (χ2v) is 9.71. The number of hydrogen-bond acceptors (Lipinski definition) is 5. The molecule has 2 aromatic heterocycles. The van der Waals surface area contributed by atoms with Crippen LogP contribution >= 0.6 is 0 Å². The Bertz CT molecular complexity index is 1470. The number of sulfonamides is 1. The minimum atomic E-state index is -3.86. The van der Waals surface area contributed by atoms with Crippen molar-refractivity contribution in [2.75, 3.05) is 10.0 Å². The number of aryl methyl sites for hydroxylation is 4. The number of fused-ring (bicyclic) bond motifs is 1. The average Bonchev–Trinajstić information content (AvgIpc) is 3.10. The van der Waals surface area contributed by atoms with E-state index in [9.17, 15) is 13.2 Å². The number of nitrogens with zero attached hydrogens (tertiary/aromatic N) is 3. The largest absolute Gasteiger partial charge is 0.337 e. The average molecular weight is 478 g/mol. The number of amides is 1. The van der Waals surface area contributed by atoms with Crippen LogP contribution in [0, 0.1) is 13.8 Å². The number of rotatable bonds is 7. The van der Waals surface area contributed by atoms with Gasteiger partial charge in [-0.2, -0.15) is 0 Å². The van der Waals surface area contributed by atoms with E-state index in [0.717, 1.165) is 22.9 Å². The predicted octanol–water partition coefficient (Wildman–Crippen LogP) is 4.68. The molecule has 0 saturated carbocycles. The highest BCUT2D eigenvalue weighted by Gasteiger charge is 2.21. The van der Waals surface area contributed by atoms with E-state index in [1.165, 1.54) is 23.9 Å². The SMILES string of the molecule is CCc1ccc2c(c1)c(C)c(C(=O)Nc1ccc(S(=O)(=O)Nc3nccc(C)n3)cc1)n2CC. The van der Waals surface area contributed by atoms with Crippen LogP contribution in [0.1, 0.15) is 41.2 Å². The molecule has 0 aliphatic carbocycles. The number of aromatic nitrogens is 3. The number of carbonyl (C=O) groups is 1. The number of hydrogen-bond donors (Lipinski definition) is 2. The van der Waals surface area contributed by atoms with Crippen LogP contribution < -0.4 is 10.0 Å². The highest BCUT2D eigenvalue weighted by Crippen LogP contribution is 2.28. The summed E-state index contributed by atoms with van der Waals surface area (Å²) in [4.78, 5) is 21.3. The number of benzene rings is 2. The molecule has 0 fully saturated rings. The fraction of sp³-hybridized carbons (Fsp3) is 0.240. The standard InChI is InChI=1S/C25H27N5O3S/c1-5-18-7-12-22-21(15-18)17(4)23(30(22)6-2)24(31)28-19-8-10-20(11-9-19)34(32,33)29-25-26-14-13-16(3)27-25/h7-15H,5-6H2,1-4H3,(H,28,31)(H,26,27,29). The van der Waals surface area contributed by atoms with Gasteiger partial charge >= 0.3 is 0 Å². The highest BCUT2D eigenvalue weighted by atomic mass is 32.2. The van der Waals surface area contributed by atoms with Crippen molar-refractivity contribution in [3.05, 3.63) is 77.2 Å². The first-order chi connectivity index (χ1) is 16.2. The summed E-state index contributed by atoms with van der Waals surface area (Å²) in [6.45, 7) is 8.47. The number of carbonyl (C=O) groups excluding carboxylic acids is 1. The molecule has 2 aromatic carbocycles. The molecule has 0 radical (unpaired) electrons. The van der Waals surface area contributed by atoms with E-state index >= 15 is 0 Å². The lowest BCUT2D eigenvalue weighted by molar-refractivity contribution is 0.101. The topological polar surface area (TPSA) is 106 Å². The summed E-state index contributed by atoms with van der Waals surface area (Å²) in [6.07, 6.45) is 2.41. The summed E-state index contributed by atoms with van der Waals surface area (Å²) < 4.78 is 29.7. The van der Waals surface area contributed by atoms with Gasteiger partial charge in [-0.25, -0.2) is 23.1 Å². The molecule has 4 aromatic rings. The van der Waals surface area contributed by atoms with Crippen LogP contribution in [0.5, 0.6) is 0 Å². The molecule has 0 spiro atoms. The Morgan fingerprint density at radius 2 is 1.76 bits per heavy atom. The maximum Gasteiger partial charge on any atom is 0.272 e. The Hall–Kier alpha value is -3.72. The van der Waals surface area contributed by atoms with E-state index in [1.54, 1.807) is 25.1 Å². The van der Waals surface area contributed by atoms with Gasteiger partial charge in [0.15, 0.2) is 0 Å². The molecule has 0 unspecified atom stereocenters. The predicted molar refractivity (Wildman–Crippen MR) is 134 cm³/mol. The Kier molecular flexibility index (Phi) is 6.39. The van der Waals surface area contributed by atoms with Gasteiger partial charge < -0.3 is 9.88 Å². The third kappa shape index (κ3) is 4.51. The van der Waals surface area contributed by atoms with Crippen LogP contribution in [-0.4, -0.2) is 28.9 Å². The first-order valence-corrected chi connectivity index (χ1v) is 12.6. The maximum atomic E-state index is 13.2. The van der Waals surface area contributed by atoms with Gasteiger partial charge in [-0.3, -0.25) is 4.79 Å². The van der Waals surface area contributed by atoms with Crippen LogP contribution in [0.3, 0.4) is 0 Å². The van der Waals surface area contributed by atoms with Crippen molar-refractivity contribution < 1.29 is 13.2 Å². The molecule has 9 heteroatoms. The molecule has 0 aliphatic rings. The molecule has 2 N–H and O–H groups in total. The van der Waals surface area contributed by atoms with Crippen molar-refractivity contribution in [3.8, 4) is 0 Å². The van der Waals surface area contributed by atoms with Crippen LogP contribution in [0.2, 0.25) is 0 Å². The maximum absolute atomic E-state index is 13.2. The summed E-state index contributed by atoms with van der Waals surface area (Å²) >= 11 is 0. The van der Waals surface area contributed by atoms with E-state index in [0.29, 0.717) is 23.6 Å². The van der Waals surface area contributed by atoms with Crippen molar-refractivity contribution in [3.63, 3.8) is 0 Å². The molecule has 8 nitrogen and oxygen atoms in total. The summed E-state index contributed by atoms with van der Waals surface area (Å²) in [5.74, 6) is -0.234. The quantitative estimate of drug-likeness (QED) is 0.402. The van der Waals surface area contributed by atoms with Crippen LogP contribution in [0.25, 0.3) is 10.9 Å². The van der Waals surface area contributed by atoms with Gasteiger partial charge in [0.2, 0.25) is 5.95 Å². The Morgan fingerprint density at radius 1 is 1.03 bits per heavy atom. The third-order valence-corrected chi connectivity index (χ3v) is 7.11. The second kappa shape index (κ2) is 9.26. The van der Waals surface area contributed by atoms with Crippen molar-refractivity contribution in [1.29, 1.82) is 0 Å². The molecule has 34 heavy (non-hydrogen) atoms. The monoisotopic (exact) mass is 477 g/mol. The van der Waals surface area contributed by atoms with Crippen LogP contribution in [0.15, 0.2) is 59.6 Å². The van der Waals surface area contributed by atoms with E-state index in [1.807, 2.05) is 18.4 Å². The fourth-order valence-electron chi connectivity index (χ4n) is 4.00. The Morgan fingerprint density at radius 3 is 2.41 bits per heavy atom. The Labute approximate surface area is 199 Å². The molecule has 0 atom stereocenters. The molecular formula is C25H27N5O3S. The van der Waals surface area contributed by atoms with Crippen molar-refractivity contribution in [2.45, 2.75) is 45.6 Å². The van der Waals surface area contributed by atoms with Gasteiger partial charge in [-0.05, 0) is 80.8 Å².